The molecule has 0 amide bonds. The summed E-state index contributed by atoms with van der Waals surface area (Å²) < 4.78 is 28.1. The average Bonchev–Trinajstić information content (AvgIpc) is 1.80. The molecule has 456 valence electrons. The number of nitrogens with zero attached hydrogens (tertiary/aromatic N) is 3. The van der Waals surface area contributed by atoms with Gasteiger partial charge in [-0.15, -0.1) is 0 Å². The van der Waals surface area contributed by atoms with Gasteiger partial charge in [0.15, 0.2) is 5.78 Å². The molecular weight excluding hydrogens is 1220 g/mol. The summed E-state index contributed by atoms with van der Waals surface area (Å²) in [5, 5.41) is 45.8. The second kappa shape index (κ2) is 32.0. The maximum atomic E-state index is 13.8. The number of methoxy groups -OCH3 is 2. The van der Waals surface area contributed by atoms with Crippen molar-refractivity contribution in [2.45, 2.75) is 176 Å². The molecule has 83 heavy (non-hydrogen) atoms. The van der Waals surface area contributed by atoms with E-state index in [9.17, 15) is 24.2 Å². The van der Waals surface area contributed by atoms with Crippen LogP contribution in [0.2, 0.25) is 10.0 Å². The molecule has 19 heteroatoms. The van der Waals surface area contributed by atoms with E-state index in [1.807, 2.05) is 47.3 Å². The van der Waals surface area contributed by atoms with Crippen molar-refractivity contribution in [1.29, 1.82) is 0 Å². The summed E-state index contributed by atoms with van der Waals surface area (Å²) in [6.07, 6.45) is 23.7. The van der Waals surface area contributed by atoms with E-state index in [1.165, 1.54) is 57.8 Å². The maximum absolute atomic E-state index is 13.8. The van der Waals surface area contributed by atoms with Gasteiger partial charge in [0.25, 0.3) is 6.47 Å². The van der Waals surface area contributed by atoms with Crippen LogP contribution in [0.15, 0.2) is 48.8 Å². The number of H-pyrrole nitrogens is 1. The summed E-state index contributed by atoms with van der Waals surface area (Å²) in [5.41, 5.74) is 1.63. The van der Waals surface area contributed by atoms with Gasteiger partial charge in [-0.25, -0.2) is 0 Å². The van der Waals surface area contributed by atoms with Crippen molar-refractivity contribution in [3.05, 3.63) is 58.8 Å². The van der Waals surface area contributed by atoms with Gasteiger partial charge < -0.3 is 31.3 Å². The standard InChI is InChI=1S/C30H41ClN2O3.C23H37BrO3.C7H5ClN2.CH3F.CH2O3.2CH4.2K.H/c1-28-12-13-30(35,18-36-3)15-20(28)5-7-22-23-8-9-25(29(23,2)11-10-24(22)28)27(34)17-33-26-14-21(31)6-4-19(26)16-32-33;1-21-10-11-23(26,14-27-3)12-15(21)4-5-16-17-6-7-19(20(25)13-24)22(17,2)9-8-18(16)21;8-6-2-1-5-4-9-10-7(5)3-6;1-2;2-1-4-3;;;;;/h4,6,14,16,20,22-25,35H,5,7-13,15,17-18H2,1-3H3;15-19,26H,4-14H2,1-3H3;1-4H,(H,9,10);1H3;1,3H;2*1H4;;;/q;;;;;;;2*+1;-1/p-1/t20-,22-,23-,24-,25+,28-,29-,30+;15-,16-,17-,18-,19+,21-,22-,23+;;;;;;;;/m00......../s1/i;;;1D;;;;;;. The van der Waals surface area contributed by atoms with Gasteiger partial charge in [0, 0.05) is 46.9 Å². The Morgan fingerprint density at radius 1 is 0.735 bits per heavy atom. The summed E-state index contributed by atoms with van der Waals surface area (Å²) in [5.74, 6) is 6.70. The third kappa shape index (κ3) is 15.6. The SMILES string of the molecule is C.C.COC[C@@]1(O)CC[C@@]2(C)[C@@H](CC[C@@H]3[C@@H]2CC[C@]2(C)[C@@H](C(=O)CBr)CC[C@@H]32)C1.COC[C@@]1(O)CC[C@@]2(C)[C@@H](CC[C@@H]3[C@@H]2CC[C@]2(C)[C@@H](C(=O)Cn4ncc5ccc(Cl)cc54)CC[C@@H]32)C1.Clc1ccc2cn[nH]c2c1.O=CO[O-].[2H]CF.[H-].[K+].[K+]. The zero-order valence-electron chi connectivity index (χ0n) is 51.3. The van der Waals surface area contributed by atoms with Crippen molar-refractivity contribution in [3.8, 4) is 0 Å². The third-order valence-electron chi connectivity index (χ3n) is 22.7. The molecule has 2 heterocycles. The van der Waals surface area contributed by atoms with Crippen LogP contribution in [0, 0.1) is 80.8 Å². The van der Waals surface area contributed by atoms with Crippen LogP contribution in [0.3, 0.4) is 0 Å². The van der Waals surface area contributed by atoms with Crippen LogP contribution < -0.4 is 108 Å². The summed E-state index contributed by atoms with van der Waals surface area (Å²) in [4.78, 5) is 37.6. The number of alkyl halides is 2. The summed E-state index contributed by atoms with van der Waals surface area (Å²) >= 11 is 15.4. The van der Waals surface area contributed by atoms with Gasteiger partial charge in [-0.3, -0.25) is 28.6 Å². The van der Waals surface area contributed by atoms with Crippen LogP contribution in [0.25, 0.3) is 21.8 Å². The van der Waals surface area contributed by atoms with Gasteiger partial charge in [-0.2, -0.15) is 10.2 Å². The number of halogens is 4. The number of benzene rings is 2. The van der Waals surface area contributed by atoms with E-state index in [0.29, 0.717) is 82.1 Å². The first-order valence-electron chi connectivity index (χ1n) is 29.7. The summed E-state index contributed by atoms with van der Waals surface area (Å²) in [7, 11) is 2.40. The number of aliphatic hydroxyl groups is 2. The molecule has 2 aromatic carbocycles. The van der Waals surface area contributed by atoms with Crippen LogP contribution in [0.5, 0.6) is 0 Å². The molecule has 8 aliphatic carbocycles. The molecule has 0 unspecified atom stereocenters. The predicted molar refractivity (Wildman–Crippen MR) is 322 cm³/mol. The Morgan fingerprint density at radius 3 is 1.66 bits per heavy atom. The molecule has 0 spiro atoms. The summed E-state index contributed by atoms with van der Waals surface area (Å²) in [6, 6.07) is 11.4. The quantitative estimate of drug-likeness (QED) is 0.0460. The van der Waals surface area contributed by atoms with E-state index in [2.05, 4.69) is 63.8 Å². The molecule has 2 aromatic heterocycles. The molecule has 3 N–H and O–H groups in total. The van der Waals surface area contributed by atoms with Gasteiger partial charge in [0.1, 0.15) is 12.3 Å². The van der Waals surface area contributed by atoms with Crippen LogP contribution in [-0.2, 0) is 35.3 Å². The Labute approximate surface area is 601 Å². The Kier molecular flexibility index (Phi) is 28.5. The Bertz CT molecular complexity index is 2780. The van der Waals surface area contributed by atoms with Crippen molar-refractivity contribution in [1.82, 2.24) is 20.0 Å². The number of fused-ring (bicyclic) bond motifs is 12. The van der Waals surface area contributed by atoms with Gasteiger partial charge in [-0.05, 0) is 221 Å². The van der Waals surface area contributed by atoms with E-state index in [-0.39, 0.29) is 148 Å². The molecular formula is C64H96BrCl2FK2N4O9. The number of carbonyl (C=O) groups excluding carboxylic acids is 3. The number of hydrogen-bond acceptors (Lipinski definition) is 11. The minimum Gasteiger partial charge on any atom is -1.00 e. The fourth-order valence-corrected chi connectivity index (χ4v) is 19.7. The molecule has 0 radical (unpaired) electrons. The third-order valence-corrected chi connectivity index (χ3v) is 23.8. The van der Waals surface area contributed by atoms with Crippen molar-refractivity contribution in [2.24, 2.45) is 80.8 Å². The van der Waals surface area contributed by atoms with Crippen LogP contribution in [0.4, 0.5) is 4.39 Å². The molecule has 12 rings (SSSR count). The molecule has 16 atom stereocenters. The first kappa shape index (κ1) is 74.0. The van der Waals surface area contributed by atoms with Crippen molar-refractivity contribution >= 4 is 79.0 Å². The second-order valence-electron chi connectivity index (χ2n) is 26.3. The molecule has 8 aliphatic rings. The van der Waals surface area contributed by atoms with Crippen molar-refractivity contribution in [2.75, 3.05) is 39.9 Å². The van der Waals surface area contributed by atoms with Gasteiger partial charge in [0.2, 0.25) is 0 Å². The first-order chi connectivity index (χ1) is 38.1. The smallest absolute Gasteiger partial charge is 1.00 e. The number of carbonyl (C=O) groups is 3. The fraction of sp³-hybridized carbons (Fsp3) is 0.734. The van der Waals surface area contributed by atoms with Crippen LogP contribution >= 0.6 is 39.1 Å². The molecule has 0 aliphatic heterocycles. The normalized spacial score (nSPS) is 36.9. The summed E-state index contributed by atoms with van der Waals surface area (Å²) in [6.45, 7) is 11.0. The predicted octanol–water partition coefficient (Wildman–Crippen LogP) is 7.91. The van der Waals surface area contributed by atoms with Gasteiger partial charge in [-0.1, -0.05) is 81.7 Å². The molecule has 0 saturated heterocycles. The topological polar surface area (TPSA) is 189 Å². The second-order valence-corrected chi connectivity index (χ2v) is 27.7. The maximum Gasteiger partial charge on any atom is 1.00 e. The zero-order valence-corrected chi connectivity index (χ0v) is 58.7. The zero-order chi connectivity index (χ0) is 57.8. The number of ketones is 2. The van der Waals surface area contributed by atoms with Crippen molar-refractivity contribution in [3.63, 3.8) is 0 Å². The van der Waals surface area contributed by atoms with E-state index in [1.54, 1.807) is 20.4 Å². The number of rotatable bonds is 10. The number of aromatic nitrogens is 4. The fourth-order valence-electron chi connectivity index (χ4n) is 18.9. The number of aromatic amines is 1. The average molecular weight is 1310 g/mol. The molecule has 0 bridgehead atoms. The first-order valence-corrected chi connectivity index (χ1v) is 30.8. The largest absolute Gasteiger partial charge is 1.00 e. The molecule has 13 nitrogen and oxygen atoms in total. The molecule has 8 saturated carbocycles. The number of Topliss-reactive ketones (excluding diaryl/α,β-unsaturated/α-hetero) is 2. The van der Waals surface area contributed by atoms with Gasteiger partial charge >= 0.3 is 103 Å². The molecule has 8 fully saturated rings. The number of ether oxygens (including phenoxy) is 2. The van der Waals surface area contributed by atoms with E-state index < -0.39 is 18.4 Å². The Morgan fingerprint density at radius 2 is 1.19 bits per heavy atom. The van der Waals surface area contributed by atoms with Gasteiger partial charge in [0.05, 0.1) is 61.7 Å². The van der Waals surface area contributed by atoms with E-state index >= 15 is 0 Å². The monoisotopic (exact) mass is 1310 g/mol. The minimum atomic E-state index is -1.00. The minimum absolute atomic E-state index is 0. The number of hydrogen-bond donors (Lipinski definition) is 3. The van der Waals surface area contributed by atoms with Crippen molar-refractivity contribution < 1.29 is 154 Å². The van der Waals surface area contributed by atoms with Crippen LogP contribution in [0.1, 0.15) is 161 Å². The van der Waals surface area contributed by atoms with E-state index in [4.69, 9.17) is 44.1 Å². The Balaban J connectivity index is 0.000000340. The molecule has 4 aromatic rings. The van der Waals surface area contributed by atoms with Crippen LogP contribution in [-0.4, -0.2) is 99.3 Å². The Hall–Kier alpha value is 0.253. The van der Waals surface area contributed by atoms with E-state index in [0.717, 1.165) is 102 Å². The number of nitrogens with one attached hydrogen (secondary N) is 1.